The third-order valence-corrected chi connectivity index (χ3v) is 7.78. The van der Waals surface area contributed by atoms with E-state index < -0.39 is 76.6 Å². The fraction of sp³-hybridized carbons (Fsp3) is 0.458. The van der Waals surface area contributed by atoms with E-state index in [4.69, 9.17) is 0 Å². The molecule has 3 atom stereocenters. The number of carbonyl (C=O) groups is 2. The SMILES string of the molecule is CS(=O)(=O)c1cncc(C(=O)N2C[C@H](C(F)F)C[C@@H]2C(=O)NC(c2ccc(C(F)(F)F)cc2F)C2CC2)c1. The number of hydrogen-bond donors (Lipinski definition) is 1. The zero-order chi connectivity index (χ0) is 28.0. The van der Waals surface area contributed by atoms with Crippen LogP contribution in [0.5, 0.6) is 0 Å². The Bertz CT molecular complexity index is 1350. The summed E-state index contributed by atoms with van der Waals surface area (Å²) in [5.41, 5.74) is -1.61. The van der Waals surface area contributed by atoms with E-state index in [9.17, 15) is 44.3 Å². The summed E-state index contributed by atoms with van der Waals surface area (Å²) < 4.78 is 104. The Morgan fingerprint density at radius 2 is 1.79 bits per heavy atom. The van der Waals surface area contributed by atoms with Gasteiger partial charge >= 0.3 is 6.18 Å². The summed E-state index contributed by atoms with van der Waals surface area (Å²) in [7, 11) is -3.74. The molecule has 1 aromatic heterocycles. The van der Waals surface area contributed by atoms with Crippen LogP contribution in [0.3, 0.4) is 0 Å². The van der Waals surface area contributed by atoms with Gasteiger partial charge in [-0.05, 0) is 43.4 Å². The molecule has 2 heterocycles. The lowest BCUT2D eigenvalue weighted by Crippen LogP contribution is -2.47. The van der Waals surface area contributed by atoms with Gasteiger partial charge in [0.2, 0.25) is 12.3 Å². The Kier molecular flexibility index (Phi) is 7.47. The van der Waals surface area contributed by atoms with E-state index in [1.807, 2.05) is 0 Å². The molecule has 1 N–H and O–H groups in total. The molecule has 7 nitrogen and oxygen atoms in total. The minimum Gasteiger partial charge on any atom is -0.347 e. The summed E-state index contributed by atoms with van der Waals surface area (Å²) in [4.78, 5) is 30.8. The fourth-order valence-corrected chi connectivity index (χ4v) is 5.11. The minimum absolute atomic E-state index is 0.180. The number of alkyl halides is 5. The van der Waals surface area contributed by atoms with Crippen LogP contribution in [-0.4, -0.2) is 55.4 Å². The lowest BCUT2D eigenvalue weighted by molar-refractivity contribution is -0.137. The molecule has 2 amide bonds. The Morgan fingerprint density at radius 3 is 2.34 bits per heavy atom. The highest BCUT2D eigenvalue weighted by Crippen LogP contribution is 2.43. The van der Waals surface area contributed by atoms with Crippen LogP contribution < -0.4 is 5.32 Å². The number of nitrogens with one attached hydrogen (secondary N) is 1. The molecule has 1 aliphatic carbocycles. The molecule has 1 saturated carbocycles. The van der Waals surface area contributed by atoms with Gasteiger partial charge in [0.25, 0.3) is 5.91 Å². The average molecular weight is 564 g/mol. The number of amides is 2. The van der Waals surface area contributed by atoms with Crippen molar-refractivity contribution in [3.05, 3.63) is 59.2 Å². The van der Waals surface area contributed by atoms with Gasteiger partial charge in [-0.25, -0.2) is 21.6 Å². The van der Waals surface area contributed by atoms with Gasteiger partial charge in [-0.3, -0.25) is 14.6 Å². The van der Waals surface area contributed by atoms with Crippen molar-refractivity contribution in [1.29, 1.82) is 0 Å². The van der Waals surface area contributed by atoms with Gasteiger partial charge in [0.15, 0.2) is 9.84 Å². The normalized spacial score (nSPS) is 21.0. The number of aromatic nitrogens is 1. The van der Waals surface area contributed by atoms with Gasteiger partial charge < -0.3 is 10.2 Å². The molecule has 4 rings (SSSR count). The Labute approximate surface area is 214 Å². The number of benzene rings is 1. The number of sulfone groups is 1. The molecule has 38 heavy (non-hydrogen) atoms. The van der Waals surface area contributed by atoms with E-state index in [-0.39, 0.29) is 21.9 Å². The van der Waals surface area contributed by atoms with Crippen LogP contribution in [0, 0.1) is 17.7 Å². The number of pyridine rings is 1. The highest BCUT2D eigenvalue weighted by atomic mass is 32.2. The molecule has 0 bridgehead atoms. The number of nitrogens with zero attached hydrogens (tertiary/aromatic N) is 2. The fourth-order valence-electron chi connectivity index (χ4n) is 4.51. The van der Waals surface area contributed by atoms with E-state index in [1.165, 1.54) is 0 Å². The quantitative estimate of drug-likeness (QED) is 0.514. The van der Waals surface area contributed by atoms with Crippen molar-refractivity contribution in [3.63, 3.8) is 0 Å². The maximum Gasteiger partial charge on any atom is 0.416 e. The highest BCUT2D eigenvalue weighted by Gasteiger charge is 2.45. The van der Waals surface area contributed by atoms with Crippen LogP contribution in [-0.2, 0) is 20.8 Å². The second-order valence-corrected chi connectivity index (χ2v) is 11.6. The van der Waals surface area contributed by atoms with E-state index in [0.29, 0.717) is 25.0 Å². The number of halogens is 6. The number of likely N-dealkylation sites (tertiary alicyclic amines) is 1. The van der Waals surface area contributed by atoms with Gasteiger partial charge in [0, 0.05) is 36.7 Å². The Hall–Kier alpha value is -3.16. The van der Waals surface area contributed by atoms with Crippen molar-refractivity contribution in [2.45, 2.75) is 48.8 Å². The maximum absolute atomic E-state index is 14.7. The van der Waals surface area contributed by atoms with Crippen LogP contribution >= 0.6 is 0 Å². The zero-order valence-corrected chi connectivity index (χ0v) is 20.7. The average Bonchev–Trinajstić information content (AvgIpc) is 3.57. The standard InChI is InChI=1S/C24H23F6N3O4S/c1-38(36,37)16-6-13(9-31-10-16)23(35)33-11-14(21(26)27)7-19(33)22(34)32-20(12-2-3-12)17-5-4-15(8-18(17)25)24(28,29)30/h4-6,8-10,12,14,19-21H,2-3,7,11H2,1H3,(H,32,34)/t14-,19-,20?/m1/s1. The van der Waals surface area contributed by atoms with Gasteiger partial charge in [0.05, 0.1) is 22.1 Å². The smallest absolute Gasteiger partial charge is 0.347 e. The van der Waals surface area contributed by atoms with Crippen molar-refractivity contribution < 1.29 is 44.3 Å². The van der Waals surface area contributed by atoms with Crippen LogP contribution in [0.2, 0.25) is 0 Å². The molecule has 1 aliphatic heterocycles. The molecule has 1 unspecified atom stereocenters. The van der Waals surface area contributed by atoms with Crippen LogP contribution in [0.25, 0.3) is 0 Å². The molecule has 0 radical (unpaired) electrons. The van der Waals surface area contributed by atoms with Crippen molar-refractivity contribution in [2.24, 2.45) is 11.8 Å². The summed E-state index contributed by atoms with van der Waals surface area (Å²) in [5.74, 6) is -4.58. The predicted molar refractivity (Wildman–Crippen MR) is 121 cm³/mol. The zero-order valence-electron chi connectivity index (χ0n) is 19.9. The Balaban J connectivity index is 1.61. The second kappa shape index (κ2) is 10.2. The first-order chi connectivity index (χ1) is 17.7. The summed E-state index contributed by atoms with van der Waals surface area (Å²) in [6, 6.07) is 0.560. The van der Waals surface area contributed by atoms with Gasteiger partial charge in [0.1, 0.15) is 11.9 Å². The lowest BCUT2D eigenvalue weighted by atomic mass is 9.98. The second-order valence-electron chi connectivity index (χ2n) is 9.54. The van der Waals surface area contributed by atoms with Crippen LogP contribution in [0.1, 0.15) is 46.8 Å². The molecule has 2 aliphatic rings. The summed E-state index contributed by atoms with van der Waals surface area (Å²) in [5, 5.41) is 2.56. The molecule has 1 saturated heterocycles. The summed E-state index contributed by atoms with van der Waals surface area (Å²) in [6.45, 7) is -0.500. The van der Waals surface area contributed by atoms with Crippen molar-refractivity contribution in [3.8, 4) is 0 Å². The molecule has 206 valence electrons. The highest BCUT2D eigenvalue weighted by molar-refractivity contribution is 7.90. The van der Waals surface area contributed by atoms with Crippen molar-refractivity contribution in [2.75, 3.05) is 12.8 Å². The molecular formula is C24H23F6N3O4S. The van der Waals surface area contributed by atoms with E-state index in [1.54, 1.807) is 0 Å². The van der Waals surface area contributed by atoms with Crippen molar-refractivity contribution in [1.82, 2.24) is 15.2 Å². The first-order valence-electron chi connectivity index (χ1n) is 11.6. The van der Waals surface area contributed by atoms with Crippen molar-refractivity contribution >= 4 is 21.7 Å². The number of carbonyl (C=O) groups excluding carboxylic acids is 2. The molecule has 0 spiro atoms. The van der Waals surface area contributed by atoms with Crippen LogP contribution in [0.15, 0.2) is 41.6 Å². The largest absolute Gasteiger partial charge is 0.416 e. The van der Waals surface area contributed by atoms with E-state index in [0.717, 1.165) is 35.7 Å². The Morgan fingerprint density at radius 1 is 1.11 bits per heavy atom. The molecule has 14 heteroatoms. The van der Waals surface area contributed by atoms with E-state index in [2.05, 4.69) is 10.3 Å². The third-order valence-electron chi connectivity index (χ3n) is 6.70. The van der Waals surface area contributed by atoms with Gasteiger partial charge in [-0.15, -0.1) is 0 Å². The molecule has 2 fully saturated rings. The minimum atomic E-state index is -4.77. The monoisotopic (exact) mass is 563 g/mol. The topological polar surface area (TPSA) is 96.4 Å². The molecule has 1 aromatic carbocycles. The van der Waals surface area contributed by atoms with Gasteiger partial charge in [-0.2, -0.15) is 13.2 Å². The third kappa shape index (κ3) is 5.94. The lowest BCUT2D eigenvalue weighted by Gasteiger charge is -2.27. The number of rotatable bonds is 7. The molecule has 2 aromatic rings. The van der Waals surface area contributed by atoms with E-state index >= 15 is 0 Å². The predicted octanol–water partition coefficient (Wildman–Crippen LogP) is 4.01. The first-order valence-corrected chi connectivity index (χ1v) is 13.5. The maximum atomic E-state index is 14.7. The first kappa shape index (κ1) is 27.9. The summed E-state index contributed by atoms with van der Waals surface area (Å²) >= 11 is 0. The van der Waals surface area contributed by atoms with Crippen LogP contribution in [0.4, 0.5) is 26.3 Å². The van der Waals surface area contributed by atoms with Gasteiger partial charge in [-0.1, -0.05) is 6.07 Å². The summed E-state index contributed by atoms with van der Waals surface area (Å²) in [6.07, 6.45) is -3.97. The molecular weight excluding hydrogens is 540 g/mol. The number of hydrogen-bond acceptors (Lipinski definition) is 5.